The lowest BCUT2D eigenvalue weighted by Gasteiger charge is -2.12. The number of aromatic amines is 1. The number of aryl methyl sites for hydroxylation is 2. The molecule has 0 radical (unpaired) electrons. The summed E-state index contributed by atoms with van der Waals surface area (Å²) >= 11 is 0. The van der Waals surface area contributed by atoms with E-state index in [1.807, 2.05) is 20.8 Å². The van der Waals surface area contributed by atoms with Crippen LogP contribution in [0.2, 0.25) is 0 Å². The van der Waals surface area contributed by atoms with E-state index in [2.05, 4.69) is 15.3 Å². The van der Waals surface area contributed by atoms with Gasteiger partial charge in [0.15, 0.2) is 11.2 Å². The van der Waals surface area contributed by atoms with Crippen LogP contribution in [0.15, 0.2) is 27.8 Å². The van der Waals surface area contributed by atoms with Crippen LogP contribution >= 0.6 is 0 Å². The minimum Gasteiger partial charge on any atom is -0.324 e. The van der Waals surface area contributed by atoms with E-state index in [1.165, 1.54) is 4.57 Å². The van der Waals surface area contributed by atoms with Crippen molar-refractivity contribution >= 4 is 22.8 Å². The van der Waals surface area contributed by atoms with Crippen molar-refractivity contribution in [3.63, 3.8) is 0 Å². The van der Waals surface area contributed by atoms with Crippen LogP contribution < -0.4 is 16.6 Å². The van der Waals surface area contributed by atoms with Crippen molar-refractivity contribution in [3.05, 3.63) is 56.5 Å². The number of amides is 1. The third-order valence-electron chi connectivity index (χ3n) is 5.03. The lowest BCUT2D eigenvalue weighted by Crippen LogP contribution is -2.31. The van der Waals surface area contributed by atoms with Gasteiger partial charge in [-0.2, -0.15) is 0 Å². The molecule has 2 N–H and O–H groups in total. The number of nitrogens with zero attached hydrogens (tertiary/aromatic N) is 3. The first kappa shape index (κ1) is 23.4. The summed E-state index contributed by atoms with van der Waals surface area (Å²) in [5.74, 6) is -1.40. The molecule has 32 heavy (non-hydrogen) atoms. The van der Waals surface area contributed by atoms with E-state index in [-0.39, 0.29) is 24.4 Å². The molecule has 0 fully saturated rings. The molecule has 0 atom stereocenters. The van der Waals surface area contributed by atoms with Gasteiger partial charge in [0, 0.05) is 32.0 Å². The van der Waals surface area contributed by atoms with Crippen LogP contribution in [0.25, 0.3) is 11.2 Å². The van der Waals surface area contributed by atoms with E-state index < -0.39 is 28.8 Å². The molecule has 3 aromatic rings. The molecule has 0 saturated heterocycles. The highest BCUT2D eigenvalue weighted by molar-refractivity contribution is 5.91. The minimum atomic E-state index is -0.864. The maximum absolute atomic E-state index is 13.8. The lowest BCUT2D eigenvalue weighted by molar-refractivity contribution is -0.116. The fraction of sp³-hybridized carbons (Fsp3) is 0.455. The zero-order valence-electron chi connectivity index (χ0n) is 18.4. The number of nitrogens with one attached hydrogen (secondary N) is 2. The van der Waals surface area contributed by atoms with Crippen molar-refractivity contribution in [1.29, 1.82) is 0 Å². The Morgan fingerprint density at radius 1 is 1.22 bits per heavy atom. The summed E-state index contributed by atoms with van der Waals surface area (Å²) < 4.78 is 30.1. The number of hydrogen-bond acceptors (Lipinski definition) is 4. The maximum Gasteiger partial charge on any atom is 0.330 e. The highest BCUT2D eigenvalue weighted by Gasteiger charge is 2.20. The van der Waals surface area contributed by atoms with Gasteiger partial charge in [0.05, 0.1) is 5.69 Å². The monoisotopic (exact) mass is 447 g/mol. The Labute approximate surface area is 183 Å². The van der Waals surface area contributed by atoms with Gasteiger partial charge in [0.2, 0.25) is 5.91 Å². The summed E-state index contributed by atoms with van der Waals surface area (Å²) in [4.78, 5) is 44.2. The summed E-state index contributed by atoms with van der Waals surface area (Å²) in [5, 5.41) is 2.42. The van der Waals surface area contributed by atoms with E-state index in [1.54, 1.807) is 4.57 Å². The highest BCUT2D eigenvalue weighted by Crippen LogP contribution is 2.18. The van der Waals surface area contributed by atoms with Crippen molar-refractivity contribution in [1.82, 2.24) is 19.1 Å². The predicted molar refractivity (Wildman–Crippen MR) is 118 cm³/mol. The summed E-state index contributed by atoms with van der Waals surface area (Å²) in [7, 11) is 0. The standard InChI is InChI=1S/C22H27F2N5O3/c1-4-5-10-28-20-19(21(31)27-22(28)32)29(12-13(2)3)17(26-20)8-9-18(30)25-16-7-6-14(23)11-15(16)24/h6-7,11,13H,4-5,8-10,12H2,1-3H3,(H,25,30)(H,27,31,32). The first-order valence-corrected chi connectivity index (χ1v) is 10.7. The van der Waals surface area contributed by atoms with Crippen molar-refractivity contribution in [2.75, 3.05) is 5.32 Å². The Morgan fingerprint density at radius 2 is 1.97 bits per heavy atom. The third kappa shape index (κ3) is 5.12. The molecule has 0 aliphatic heterocycles. The fourth-order valence-electron chi connectivity index (χ4n) is 3.52. The number of carbonyl (C=O) groups excluding carboxylic acids is 1. The fourth-order valence-corrected chi connectivity index (χ4v) is 3.52. The molecule has 0 unspecified atom stereocenters. The maximum atomic E-state index is 13.8. The number of halogens is 2. The number of benzene rings is 1. The molecule has 1 aromatic carbocycles. The van der Waals surface area contributed by atoms with Gasteiger partial charge < -0.3 is 9.88 Å². The second-order valence-corrected chi connectivity index (χ2v) is 8.14. The molecule has 0 aliphatic carbocycles. The van der Waals surface area contributed by atoms with E-state index in [0.717, 1.165) is 25.0 Å². The van der Waals surface area contributed by atoms with Crippen LogP contribution in [0.3, 0.4) is 0 Å². The normalized spacial score (nSPS) is 11.4. The number of imidazole rings is 1. The SMILES string of the molecule is CCCCn1c(=O)[nH]c(=O)c2c1nc(CCC(=O)Nc1ccc(F)cc1F)n2CC(C)C. The number of unbranched alkanes of at least 4 members (excludes halogenated alkanes) is 1. The molecule has 2 heterocycles. The number of anilines is 1. The Bertz CT molecular complexity index is 1240. The second-order valence-electron chi connectivity index (χ2n) is 8.14. The smallest absolute Gasteiger partial charge is 0.324 e. The van der Waals surface area contributed by atoms with Crippen molar-refractivity contribution < 1.29 is 13.6 Å². The van der Waals surface area contributed by atoms with Crippen LogP contribution in [-0.4, -0.2) is 25.0 Å². The Morgan fingerprint density at radius 3 is 2.62 bits per heavy atom. The van der Waals surface area contributed by atoms with Crippen molar-refractivity contribution in [3.8, 4) is 0 Å². The van der Waals surface area contributed by atoms with Crippen LogP contribution in [-0.2, 0) is 24.3 Å². The summed E-state index contributed by atoms with van der Waals surface area (Å²) in [5.41, 5.74) is -0.546. The molecule has 1 amide bonds. The van der Waals surface area contributed by atoms with Gasteiger partial charge in [-0.3, -0.25) is 19.1 Å². The molecule has 0 aliphatic rings. The molecule has 8 nitrogen and oxygen atoms in total. The zero-order valence-corrected chi connectivity index (χ0v) is 18.4. The molecule has 0 saturated carbocycles. The molecular formula is C22H27F2N5O3. The second kappa shape index (κ2) is 9.88. The van der Waals surface area contributed by atoms with Gasteiger partial charge in [-0.15, -0.1) is 0 Å². The lowest BCUT2D eigenvalue weighted by atomic mass is 10.2. The van der Waals surface area contributed by atoms with Gasteiger partial charge in [0.1, 0.15) is 17.5 Å². The molecule has 3 rings (SSSR count). The number of rotatable bonds is 9. The van der Waals surface area contributed by atoms with Crippen LogP contribution in [0, 0.1) is 17.6 Å². The van der Waals surface area contributed by atoms with Gasteiger partial charge >= 0.3 is 5.69 Å². The van der Waals surface area contributed by atoms with Gasteiger partial charge in [-0.05, 0) is 24.5 Å². The molecule has 172 valence electrons. The molecule has 10 heteroatoms. The van der Waals surface area contributed by atoms with Crippen molar-refractivity contribution in [2.45, 2.75) is 59.5 Å². The Hall–Kier alpha value is -3.30. The number of carbonyl (C=O) groups is 1. The highest BCUT2D eigenvalue weighted by atomic mass is 19.1. The van der Waals surface area contributed by atoms with Crippen molar-refractivity contribution in [2.24, 2.45) is 5.92 Å². The van der Waals surface area contributed by atoms with Gasteiger partial charge in [0.25, 0.3) is 5.56 Å². The van der Waals surface area contributed by atoms with E-state index in [4.69, 9.17) is 0 Å². The quantitative estimate of drug-likeness (QED) is 0.526. The molecule has 0 spiro atoms. The average Bonchev–Trinajstić information content (AvgIpc) is 3.06. The predicted octanol–water partition coefficient (Wildman–Crippen LogP) is 3.19. The van der Waals surface area contributed by atoms with Gasteiger partial charge in [-0.1, -0.05) is 27.2 Å². The Balaban J connectivity index is 1.92. The first-order chi connectivity index (χ1) is 15.2. The Kier molecular flexibility index (Phi) is 7.22. The van der Waals surface area contributed by atoms with E-state index >= 15 is 0 Å². The van der Waals surface area contributed by atoms with Crippen LogP contribution in [0.5, 0.6) is 0 Å². The minimum absolute atomic E-state index is 0.0324. The van der Waals surface area contributed by atoms with Gasteiger partial charge in [-0.25, -0.2) is 18.6 Å². The number of hydrogen-bond donors (Lipinski definition) is 2. The van der Waals surface area contributed by atoms with E-state index in [0.29, 0.717) is 36.1 Å². The molecule has 2 aromatic heterocycles. The van der Waals surface area contributed by atoms with E-state index in [9.17, 15) is 23.2 Å². The third-order valence-corrected chi connectivity index (χ3v) is 5.03. The van der Waals surface area contributed by atoms with Crippen LogP contribution in [0.1, 0.15) is 45.9 Å². The number of fused-ring (bicyclic) bond motifs is 1. The largest absolute Gasteiger partial charge is 0.330 e. The number of aromatic nitrogens is 4. The average molecular weight is 447 g/mol. The van der Waals surface area contributed by atoms with Crippen LogP contribution in [0.4, 0.5) is 14.5 Å². The summed E-state index contributed by atoms with van der Waals surface area (Å²) in [6.07, 6.45) is 1.76. The molecule has 0 bridgehead atoms. The number of H-pyrrole nitrogens is 1. The summed E-state index contributed by atoms with van der Waals surface area (Å²) in [6.45, 7) is 6.88. The zero-order chi connectivity index (χ0) is 23.4. The summed E-state index contributed by atoms with van der Waals surface area (Å²) in [6, 6.07) is 2.91. The topological polar surface area (TPSA) is 102 Å². The molecular weight excluding hydrogens is 420 g/mol. The first-order valence-electron chi connectivity index (χ1n) is 10.7.